The van der Waals surface area contributed by atoms with E-state index >= 15 is 0 Å². The average Bonchev–Trinajstić information content (AvgIpc) is 3.85. The summed E-state index contributed by atoms with van der Waals surface area (Å²) in [6.45, 7) is 0.684. The van der Waals surface area contributed by atoms with Crippen LogP contribution in [-0.4, -0.2) is 47.1 Å². The molecule has 4 aromatic rings. The Morgan fingerprint density at radius 1 is 0.898 bits per heavy atom. The number of alkyl halides is 3. The second-order valence-corrected chi connectivity index (χ2v) is 12.5. The third kappa shape index (κ3) is 8.29. The lowest BCUT2D eigenvalue weighted by Crippen LogP contribution is -2.50. The van der Waals surface area contributed by atoms with Gasteiger partial charge >= 0.3 is 6.18 Å². The van der Waals surface area contributed by atoms with Crippen molar-refractivity contribution in [2.24, 2.45) is 0 Å². The van der Waals surface area contributed by atoms with Crippen LogP contribution in [0, 0.1) is 11.6 Å². The number of nitrogens with zero attached hydrogens (tertiary/aromatic N) is 1. The van der Waals surface area contributed by atoms with E-state index in [4.69, 9.17) is 0 Å². The number of amides is 2. The summed E-state index contributed by atoms with van der Waals surface area (Å²) < 4.78 is 68.3. The van der Waals surface area contributed by atoms with Crippen molar-refractivity contribution in [2.45, 2.75) is 56.1 Å². The van der Waals surface area contributed by atoms with Crippen molar-refractivity contribution in [1.82, 2.24) is 15.5 Å². The molecule has 1 aliphatic heterocycles. The molecule has 0 spiro atoms. The number of hydrogen-bond donors (Lipinski definition) is 3. The lowest BCUT2D eigenvalue weighted by atomic mass is 9.92. The van der Waals surface area contributed by atoms with Crippen molar-refractivity contribution in [1.29, 1.82) is 0 Å². The van der Waals surface area contributed by atoms with E-state index in [0.717, 1.165) is 35.9 Å². The van der Waals surface area contributed by atoms with Gasteiger partial charge in [0.1, 0.15) is 11.6 Å². The molecule has 49 heavy (non-hydrogen) atoms. The normalized spacial score (nSPS) is 16.3. The van der Waals surface area contributed by atoms with E-state index in [1.807, 2.05) is 30.3 Å². The van der Waals surface area contributed by atoms with Gasteiger partial charge in [0.25, 0.3) is 11.8 Å². The fourth-order valence-electron chi connectivity index (χ4n) is 6.38. The Balaban J connectivity index is 0.00000468. The van der Waals surface area contributed by atoms with E-state index in [2.05, 4.69) is 10.6 Å². The Kier molecular flexibility index (Phi) is 10.8. The van der Waals surface area contributed by atoms with Crippen LogP contribution in [0.3, 0.4) is 0 Å². The molecular formula is C37H35ClF5N3O3. The van der Waals surface area contributed by atoms with Crippen LogP contribution < -0.4 is 10.6 Å². The third-order valence-electron chi connectivity index (χ3n) is 9.09. The van der Waals surface area contributed by atoms with Crippen molar-refractivity contribution >= 4 is 24.2 Å². The molecule has 0 aromatic heterocycles. The zero-order valence-corrected chi connectivity index (χ0v) is 27.1. The van der Waals surface area contributed by atoms with Gasteiger partial charge in [-0.15, -0.1) is 12.4 Å². The second-order valence-electron chi connectivity index (χ2n) is 12.5. The number of nitrogens with one attached hydrogen (secondary N) is 2. The molecule has 1 saturated carbocycles. The maximum Gasteiger partial charge on any atom is 0.416 e. The minimum absolute atomic E-state index is 0. The number of carbonyl (C=O) groups is 2. The minimum atomic E-state index is -4.51. The standard InChI is InChI=1S/C37H34F5N3O3.ClH/c38-27-16-24(17-28(39)20-27)18-32(33(46)21-43-36(13-14-36)25-8-4-9-26(19-25)37(40,41)42)44-34(47)30-10-5-11-31-29(30)12-15-45(35(31)48)22-23-6-2-1-3-7-23;/h1-11,16-17,19-20,32-33,43,46H,12-15,18,21-22H2,(H,44,47);1H/t32-,33-;/m0./s1. The van der Waals surface area contributed by atoms with Crippen LogP contribution in [0.2, 0.25) is 0 Å². The molecule has 1 fully saturated rings. The summed E-state index contributed by atoms with van der Waals surface area (Å²) in [5, 5.41) is 17.4. The Morgan fingerprint density at radius 2 is 1.59 bits per heavy atom. The second kappa shape index (κ2) is 14.7. The highest BCUT2D eigenvalue weighted by Crippen LogP contribution is 2.46. The number of fused-ring (bicyclic) bond motifs is 1. The molecule has 6 nitrogen and oxygen atoms in total. The number of benzene rings is 4. The molecule has 0 bridgehead atoms. The first kappa shape index (κ1) is 36.0. The zero-order chi connectivity index (χ0) is 34.1. The first-order chi connectivity index (χ1) is 22.9. The van der Waals surface area contributed by atoms with Crippen LogP contribution in [0.4, 0.5) is 22.0 Å². The summed E-state index contributed by atoms with van der Waals surface area (Å²) in [6, 6.07) is 21.3. The molecule has 0 unspecified atom stereocenters. The van der Waals surface area contributed by atoms with Gasteiger partial charge in [0.15, 0.2) is 0 Å². The quantitative estimate of drug-likeness (QED) is 0.155. The number of halogens is 6. The van der Waals surface area contributed by atoms with E-state index in [-0.39, 0.29) is 42.4 Å². The number of carbonyl (C=O) groups excluding carboxylic acids is 2. The van der Waals surface area contributed by atoms with E-state index in [9.17, 15) is 36.6 Å². The van der Waals surface area contributed by atoms with Gasteiger partial charge in [-0.05, 0) is 84.3 Å². The highest BCUT2D eigenvalue weighted by atomic mass is 35.5. The van der Waals surface area contributed by atoms with Crippen LogP contribution >= 0.6 is 12.4 Å². The smallest absolute Gasteiger partial charge is 0.390 e. The number of rotatable bonds is 11. The Hall–Kier alpha value is -4.32. The van der Waals surface area contributed by atoms with Gasteiger partial charge in [-0.25, -0.2) is 8.78 Å². The highest BCUT2D eigenvalue weighted by molar-refractivity contribution is 6.03. The summed E-state index contributed by atoms with van der Waals surface area (Å²) in [5.74, 6) is -2.43. The molecular weight excluding hydrogens is 665 g/mol. The largest absolute Gasteiger partial charge is 0.416 e. The first-order valence-electron chi connectivity index (χ1n) is 15.7. The molecule has 2 amide bonds. The van der Waals surface area contributed by atoms with Crippen molar-refractivity contribution in [2.75, 3.05) is 13.1 Å². The van der Waals surface area contributed by atoms with Gasteiger partial charge in [-0.3, -0.25) is 9.59 Å². The topological polar surface area (TPSA) is 81.7 Å². The fraction of sp³-hybridized carbons (Fsp3) is 0.297. The lowest BCUT2D eigenvalue weighted by molar-refractivity contribution is -0.137. The van der Waals surface area contributed by atoms with E-state index in [0.29, 0.717) is 49.0 Å². The van der Waals surface area contributed by atoms with Crippen LogP contribution in [0.5, 0.6) is 0 Å². The number of hydrogen-bond acceptors (Lipinski definition) is 4. The van der Waals surface area contributed by atoms with Gasteiger partial charge in [-0.2, -0.15) is 13.2 Å². The third-order valence-corrected chi connectivity index (χ3v) is 9.09. The van der Waals surface area contributed by atoms with Crippen LogP contribution in [-0.2, 0) is 31.1 Å². The SMILES string of the molecule is Cl.O=C(N[C@@H](Cc1cc(F)cc(F)c1)[C@@H](O)CNC1(c2cccc(C(F)(F)F)c2)CC1)c1cccc2c1CCN(Cc1ccccc1)C2=O. The first-order valence-corrected chi connectivity index (χ1v) is 15.7. The summed E-state index contributed by atoms with van der Waals surface area (Å²) in [4.78, 5) is 28.9. The number of aliphatic hydroxyl groups is 1. The molecule has 0 saturated heterocycles. The summed E-state index contributed by atoms with van der Waals surface area (Å²) in [5.41, 5.74) is 1.24. The van der Waals surface area contributed by atoms with E-state index in [1.54, 1.807) is 29.2 Å². The van der Waals surface area contributed by atoms with Gasteiger partial charge in [0.05, 0.1) is 17.7 Å². The van der Waals surface area contributed by atoms with Gasteiger partial charge < -0.3 is 20.6 Å². The number of aliphatic hydroxyl groups excluding tert-OH is 1. The Bertz CT molecular complexity index is 1800. The van der Waals surface area contributed by atoms with E-state index in [1.165, 1.54) is 6.07 Å². The van der Waals surface area contributed by atoms with Gasteiger partial charge in [0, 0.05) is 42.4 Å². The molecule has 0 radical (unpaired) electrons. The zero-order valence-electron chi connectivity index (χ0n) is 26.3. The molecule has 2 aliphatic rings. The molecule has 1 aliphatic carbocycles. The fourth-order valence-corrected chi connectivity index (χ4v) is 6.38. The minimum Gasteiger partial charge on any atom is -0.390 e. The molecule has 12 heteroatoms. The van der Waals surface area contributed by atoms with Gasteiger partial charge in [-0.1, -0.05) is 48.5 Å². The monoisotopic (exact) mass is 699 g/mol. The maximum absolute atomic E-state index is 14.1. The van der Waals surface area contributed by atoms with Crippen LogP contribution in [0.25, 0.3) is 0 Å². The molecule has 2 atom stereocenters. The molecule has 4 aromatic carbocycles. The van der Waals surface area contributed by atoms with Crippen molar-refractivity contribution in [3.63, 3.8) is 0 Å². The van der Waals surface area contributed by atoms with Crippen molar-refractivity contribution in [3.8, 4) is 0 Å². The summed E-state index contributed by atoms with van der Waals surface area (Å²) in [6.07, 6.45) is -4.45. The van der Waals surface area contributed by atoms with Crippen molar-refractivity contribution in [3.05, 3.63) is 142 Å². The van der Waals surface area contributed by atoms with Crippen molar-refractivity contribution < 1.29 is 36.6 Å². The van der Waals surface area contributed by atoms with Gasteiger partial charge in [0.2, 0.25) is 0 Å². The lowest BCUT2D eigenvalue weighted by Gasteiger charge is -2.31. The predicted octanol–water partition coefficient (Wildman–Crippen LogP) is 6.58. The molecule has 1 heterocycles. The van der Waals surface area contributed by atoms with Crippen LogP contribution in [0.1, 0.15) is 61.4 Å². The average molecular weight is 700 g/mol. The predicted molar refractivity (Wildman–Crippen MR) is 176 cm³/mol. The highest BCUT2D eigenvalue weighted by Gasteiger charge is 2.45. The molecule has 6 rings (SSSR count). The molecule has 3 N–H and O–H groups in total. The van der Waals surface area contributed by atoms with Crippen LogP contribution in [0.15, 0.2) is 91.0 Å². The Labute approximate surface area is 286 Å². The molecule has 258 valence electrons. The van der Waals surface area contributed by atoms with E-state index < -0.39 is 47.0 Å². The summed E-state index contributed by atoms with van der Waals surface area (Å²) in [7, 11) is 0. The summed E-state index contributed by atoms with van der Waals surface area (Å²) >= 11 is 0. The Morgan fingerprint density at radius 3 is 2.27 bits per heavy atom. The maximum atomic E-state index is 14.1.